The summed E-state index contributed by atoms with van der Waals surface area (Å²) in [6, 6.07) is 6.30. The van der Waals surface area contributed by atoms with Crippen LogP contribution in [0.25, 0.3) is 10.6 Å². The molecule has 1 N–H and O–H groups in total. The molecule has 3 atom stereocenters. The van der Waals surface area contributed by atoms with Crippen LogP contribution in [-0.4, -0.2) is 82.7 Å². The van der Waals surface area contributed by atoms with E-state index in [1.165, 1.54) is 16.2 Å². The largest absolute Gasteiger partial charge is 0.480 e. The van der Waals surface area contributed by atoms with Crippen LogP contribution in [0.2, 0.25) is 0 Å². The van der Waals surface area contributed by atoms with Gasteiger partial charge in [0.15, 0.2) is 5.82 Å². The van der Waals surface area contributed by atoms with Crippen molar-refractivity contribution in [2.45, 2.75) is 62.3 Å². The first kappa shape index (κ1) is 27.4. The van der Waals surface area contributed by atoms with Crippen molar-refractivity contribution < 1.29 is 32.9 Å². The Labute approximate surface area is 245 Å². The van der Waals surface area contributed by atoms with Crippen LogP contribution in [-0.2, 0) is 14.3 Å². The average Bonchev–Trinajstić information content (AvgIpc) is 3.48. The molecule has 3 aliphatic heterocycles. The van der Waals surface area contributed by atoms with Crippen LogP contribution in [0.1, 0.15) is 49.9 Å². The summed E-state index contributed by atoms with van der Waals surface area (Å²) in [6.07, 6.45) is 0.776. The summed E-state index contributed by atoms with van der Waals surface area (Å²) in [4.78, 5) is 29.7. The standard InChI is InChI=1S/C29H31F2N5O5S/c1-16-29(14-39-15-29)40-7-6-35(16)21-9-18(17-4-5-17)12-32-27(21)41-19-10-22(28(37)38)36(13-19)24-11-20(23-3-2-8-42-23)33-26(34-24)25(30)31/h2-3,8-9,11-12,16-17,19,22,25H,4-7,10,13-15H2,1H3,(H,37,38)/t16-,19-,22-/m0/s1. The van der Waals surface area contributed by atoms with Crippen molar-refractivity contribution in [2.24, 2.45) is 0 Å². The number of hydrogen-bond acceptors (Lipinski definition) is 10. The summed E-state index contributed by atoms with van der Waals surface area (Å²) in [5.41, 5.74) is 1.97. The minimum Gasteiger partial charge on any atom is -0.480 e. The highest BCUT2D eigenvalue weighted by Crippen LogP contribution is 2.45. The third kappa shape index (κ3) is 4.96. The molecule has 0 bridgehead atoms. The van der Waals surface area contributed by atoms with E-state index < -0.39 is 30.4 Å². The highest BCUT2D eigenvalue weighted by Gasteiger charge is 2.50. The number of halogens is 2. The van der Waals surface area contributed by atoms with Crippen LogP contribution in [0.15, 0.2) is 35.8 Å². The summed E-state index contributed by atoms with van der Waals surface area (Å²) >= 11 is 1.36. The Hall–Kier alpha value is -3.42. The van der Waals surface area contributed by atoms with Crippen LogP contribution in [0.4, 0.5) is 20.3 Å². The molecule has 4 aliphatic rings. The van der Waals surface area contributed by atoms with Gasteiger partial charge in [0.25, 0.3) is 6.43 Å². The summed E-state index contributed by atoms with van der Waals surface area (Å²) in [7, 11) is 0. The summed E-state index contributed by atoms with van der Waals surface area (Å²) in [5.74, 6) is -0.676. The molecular weight excluding hydrogens is 568 g/mol. The van der Waals surface area contributed by atoms with Gasteiger partial charge in [-0.05, 0) is 48.8 Å². The fourth-order valence-electron chi connectivity index (χ4n) is 6.07. The number of aliphatic carboxylic acids is 1. The molecular formula is C29H31F2N5O5S. The Kier molecular flexibility index (Phi) is 6.98. The van der Waals surface area contributed by atoms with E-state index in [1.807, 2.05) is 11.6 Å². The number of carboxylic acids is 1. The quantitative estimate of drug-likeness (QED) is 0.397. The molecule has 3 saturated heterocycles. The molecule has 42 heavy (non-hydrogen) atoms. The Morgan fingerprint density at radius 3 is 2.74 bits per heavy atom. The van der Waals surface area contributed by atoms with Gasteiger partial charge in [0, 0.05) is 25.2 Å². The lowest BCUT2D eigenvalue weighted by molar-refractivity contribution is -0.228. The molecule has 0 aromatic carbocycles. The average molecular weight is 600 g/mol. The first-order valence-electron chi connectivity index (χ1n) is 14.2. The second-order valence-corrected chi connectivity index (χ2v) is 12.3. The second kappa shape index (κ2) is 10.7. The van der Waals surface area contributed by atoms with Gasteiger partial charge in [0.05, 0.1) is 43.0 Å². The molecule has 13 heteroatoms. The Morgan fingerprint density at radius 1 is 1.24 bits per heavy atom. The van der Waals surface area contributed by atoms with Gasteiger partial charge < -0.3 is 29.1 Å². The molecule has 7 rings (SSSR count). The maximum Gasteiger partial charge on any atom is 0.326 e. The number of morpholine rings is 1. The smallest absolute Gasteiger partial charge is 0.326 e. The highest BCUT2D eigenvalue weighted by molar-refractivity contribution is 7.13. The molecule has 1 saturated carbocycles. The number of carboxylic acid groups (broad SMARTS) is 1. The zero-order chi connectivity index (χ0) is 29.0. The number of nitrogens with zero attached hydrogens (tertiary/aromatic N) is 5. The minimum atomic E-state index is -2.90. The van der Waals surface area contributed by atoms with Crippen molar-refractivity contribution in [3.05, 3.63) is 47.2 Å². The molecule has 1 spiro atoms. The first-order chi connectivity index (χ1) is 20.3. The highest BCUT2D eigenvalue weighted by atomic mass is 32.1. The topological polar surface area (TPSA) is 110 Å². The lowest BCUT2D eigenvalue weighted by atomic mass is 9.90. The third-order valence-electron chi connectivity index (χ3n) is 8.67. The monoisotopic (exact) mass is 599 g/mol. The summed E-state index contributed by atoms with van der Waals surface area (Å²) < 4.78 is 45.7. The summed E-state index contributed by atoms with van der Waals surface area (Å²) in [6.45, 7) is 4.53. The number of aromatic nitrogens is 3. The van der Waals surface area contributed by atoms with Gasteiger partial charge in [-0.1, -0.05) is 6.07 Å². The number of rotatable bonds is 8. The maximum absolute atomic E-state index is 13.8. The minimum absolute atomic E-state index is 0.0231. The van der Waals surface area contributed by atoms with Crippen molar-refractivity contribution in [3.8, 4) is 16.5 Å². The molecule has 0 amide bonds. The van der Waals surface area contributed by atoms with Crippen LogP contribution >= 0.6 is 11.3 Å². The molecule has 3 aromatic rings. The number of anilines is 2. The predicted molar refractivity (Wildman–Crippen MR) is 151 cm³/mol. The lowest BCUT2D eigenvalue weighted by Gasteiger charge is -2.53. The molecule has 4 fully saturated rings. The van der Waals surface area contributed by atoms with Gasteiger partial charge in [-0.15, -0.1) is 11.3 Å². The molecule has 10 nitrogen and oxygen atoms in total. The van der Waals surface area contributed by atoms with Crippen molar-refractivity contribution >= 4 is 28.8 Å². The van der Waals surface area contributed by atoms with Gasteiger partial charge >= 0.3 is 5.97 Å². The van der Waals surface area contributed by atoms with Gasteiger partial charge in [0.1, 0.15) is 29.3 Å². The number of carbonyl (C=O) groups is 1. The lowest BCUT2D eigenvalue weighted by Crippen LogP contribution is -2.68. The van der Waals surface area contributed by atoms with Gasteiger partial charge in [-0.25, -0.2) is 28.5 Å². The molecule has 0 unspecified atom stereocenters. The molecule has 222 valence electrons. The van der Waals surface area contributed by atoms with Gasteiger partial charge in [0.2, 0.25) is 5.88 Å². The van der Waals surface area contributed by atoms with Crippen LogP contribution in [0.3, 0.4) is 0 Å². The zero-order valence-corrected chi connectivity index (χ0v) is 23.8. The van der Waals surface area contributed by atoms with Gasteiger partial charge in [-0.3, -0.25) is 0 Å². The van der Waals surface area contributed by atoms with E-state index in [1.54, 1.807) is 18.2 Å². The van der Waals surface area contributed by atoms with Gasteiger partial charge in [-0.2, -0.15) is 0 Å². The molecule has 6 heterocycles. The van der Waals surface area contributed by atoms with E-state index >= 15 is 0 Å². The van der Waals surface area contributed by atoms with E-state index in [0.717, 1.165) is 24.1 Å². The van der Waals surface area contributed by atoms with Crippen molar-refractivity contribution in [1.82, 2.24) is 15.0 Å². The second-order valence-electron chi connectivity index (χ2n) is 11.4. The Bertz CT molecular complexity index is 1470. The number of hydrogen-bond donors (Lipinski definition) is 1. The van der Waals surface area contributed by atoms with E-state index in [-0.39, 0.29) is 30.4 Å². The number of thiophene rings is 1. The fourth-order valence-corrected chi connectivity index (χ4v) is 6.76. The predicted octanol–water partition coefficient (Wildman–Crippen LogP) is 4.52. The molecule has 1 aliphatic carbocycles. The first-order valence-corrected chi connectivity index (χ1v) is 15.0. The van der Waals surface area contributed by atoms with Crippen LogP contribution in [0.5, 0.6) is 5.88 Å². The molecule has 0 radical (unpaired) electrons. The van der Waals surface area contributed by atoms with E-state index in [0.29, 0.717) is 48.7 Å². The van der Waals surface area contributed by atoms with Crippen molar-refractivity contribution in [2.75, 3.05) is 42.7 Å². The Balaban J connectivity index is 1.19. The van der Waals surface area contributed by atoms with E-state index in [4.69, 9.17) is 19.2 Å². The van der Waals surface area contributed by atoms with Crippen molar-refractivity contribution in [3.63, 3.8) is 0 Å². The third-order valence-corrected chi connectivity index (χ3v) is 9.57. The molecule has 3 aromatic heterocycles. The zero-order valence-electron chi connectivity index (χ0n) is 23.0. The maximum atomic E-state index is 13.8. The van der Waals surface area contributed by atoms with Crippen LogP contribution in [0, 0.1) is 0 Å². The van der Waals surface area contributed by atoms with Crippen molar-refractivity contribution in [1.29, 1.82) is 0 Å². The number of pyridine rings is 1. The summed E-state index contributed by atoms with van der Waals surface area (Å²) in [5, 5.41) is 11.9. The Morgan fingerprint density at radius 2 is 2.07 bits per heavy atom. The van der Waals surface area contributed by atoms with Crippen LogP contribution < -0.4 is 14.5 Å². The number of ether oxygens (including phenoxy) is 3. The van der Waals surface area contributed by atoms with E-state index in [2.05, 4.69) is 27.9 Å². The number of alkyl halides is 2. The SMILES string of the molecule is C[C@@H]1N(c2cc(C3CC3)cnc2O[C@H]2C[C@@H](C(=O)O)N(c3cc(-c4cccs4)nc(C(F)F)n3)C2)CCOC12COC2. The van der Waals surface area contributed by atoms with E-state index in [9.17, 15) is 18.7 Å². The fraction of sp³-hybridized carbons (Fsp3) is 0.517. The normalized spacial score (nSPS) is 25.2.